The van der Waals surface area contributed by atoms with Crippen molar-refractivity contribution in [2.45, 2.75) is 46.5 Å². The molecule has 2 amide bonds. The summed E-state index contributed by atoms with van der Waals surface area (Å²) in [5.74, 6) is 0.447. The first-order valence-electron chi connectivity index (χ1n) is 7.12. The highest BCUT2D eigenvalue weighted by molar-refractivity contribution is 5.77. The molecule has 0 saturated heterocycles. The van der Waals surface area contributed by atoms with Gasteiger partial charge in [0.25, 0.3) is 0 Å². The minimum atomic E-state index is -0.890. The van der Waals surface area contributed by atoms with Crippen LogP contribution in [0.4, 0.5) is 4.79 Å². The van der Waals surface area contributed by atoms with Crippen LogP contribution in [0.3, 0.4) is 0 Å². The number of hydrogen-bond donors (Lipinski definition) is 3. The zero-order valence-electron chi connectivity index (χ0n) is 12.2. The van der Waals surface area contributed by atoms with Crippen molar-refractivity contribution in [3.05, 3.63) is 0 Å². The molecule has 0 bridgehead atoms. The van der Waals surface area contributed by atoms with Gasteiger partial charge < -0.3 is 15.7 Å². The summed E-state index contributed by atoms with van der Waals surface area (Å²) in [7, 11) is 0. The normalized spacial score (nSPS) is 25.6. The summed E-state index contributed by atoms with van der Waals surface area (Å²) in [6.45, 7) is 6.54. The van der Waals surface area contributed by atoms with Crippen LogP contribution in [0.2, 0.25) is 0 Å². The van der Waals surface area contributed by atoms with E-state index in [1.807, 2.05) is 6.92 Å². The van der Waals surface area contributed by atoms with Crippen LogP contribution < -0.4 is 10.6 Å². The Morgan fingerprint density at radius 2 is 2.00 bits per heavy atom. The monoisotopic (exact) mass is 270 g/mol. The van der Waals surface area contributed by atoms with Crippen LogP contribution in [0.5, 0.6) is 0 Å². The zero-order valence-corrected chi connectivity index (χ0v) is 12.2. The van der Waals surface area contributed by atoms with E-state index in [-0.39, 0.29) is 12.6 Å². The number of urea groups is 1. The minimum absolute atomic E-state index is 0.158. The van der Waals surface area contributed by atoms with Crippen molar-refractivity contribution in [2.75, 3.05) is 13.1 Å². The van der Waals surface area contributed by atoms with Gasteiger partial charge in [-0.25, -0.2) is 4.79 Å². The molecule has 0 spiro atoms. The molecule has 3 unspecified atom stereocenters. The van der Waals surface area contributed by atoms with Gasteiger partial charge in [0.15, 0.2) is 0 Å². The maximum Gasteiger partial charge on any atom is 0.314 e. The van der Waals surface area contributed by atoms with Crippen molar-refractivity contribution >= 4 is 12.0 Å². The molecule has 0 aromatic rings. The van der Waals surface area contributed by atoms with Crippen molar-refractivity contribution in [2.24, 2.45) is 17.3 Å². The molecule has 0 aromatic carbocycles. The lowest BCUT2D eigenvalue weighted by Crippen LogP contribution is -2.45. The first-order chi connectivity index (χ1) is 8.87. The van der Waals surface area contributed by atoms with Crippen molar-refractivity contribution in [3.8, 4) is 0 Å². The number of carbonyl (C=O) groups excluding carboxylic acids is 1. The highest BCUT2D eigenvalue weighted by Crippen LogP contribution is 2.29. The van der Waals surface area contributed by atoms with Gasteiger partial charge in [0, 0.05) is 13.1 Å². The van der Waals surface area contributed by atoms with Crippen LogP contribution in [0.1, 0.15) is 46.5 Å². The second-order valence-corrected chi connectivity index (χ2v) is 6.07. The average molecular weight is 270 g/mol. The molecule has 3 atom stereocenters. The van der Waals surface area contributed by atoms with Crippen LogP contribution in [0, 0.1) is 17.3 Å². The third-order valence-electron chi connectivity index (χ3n) is 4.29. The number of amides is 2. The van der Waals surface area contributed by atoms with Gasteiger partial charge in [-0.05, 0) is 38.0 Å². The third kappa shape index (κ3) is 4.73. The number of carboxylic acids is 1. The molecule has 19 heavy (non-hydrogen) atoms. The Labute approximate surface area is 115 Å². The predicted octanol–water partition coefficient (Wildman–Crippen LogP) is 2.22. The van der Waals surface area contributed by atoms with Crippen LogP contribution >= 0.6 is 0 Å². The number of carboxylic acid groups (broad SMARTS) is 1. The van der Waals surface area contributed by atoms with E-state index in [1.165, 1.54) is 19.3 Å². The number of hydrogen-bond acceptors (Lipinski definition) is 2. The van der Waals surface area contributed by atoms with E-state index in [0.29, 0.717) is 18.9 Å². The fourth-order valence-electron chi connectivity index (χ4n) is 2.44. The van der Waals surface area contributed by atoms with E-state index in [9.17, 15) is 9.59 Å². The lowest BCUT2D eigenvalue weighted by Gasteiger charge is -2.23. The molecule has 0 aliphatic heterocycles. The van der Waals surface area contributed by atoms with Gasteiger partial charge in [-0.1, -0.05) is 20.3 Å². The molecule has 1 fully saturated rings. The van der Waals surface area contributed by atoms with Gasteiger partial charge in [-0.2, -0.15) is 0 Å². The van der Waals surface area contributed by atoms with Crippen molar-refractivity contribution < 1.29 is 14.7 Å². The van der Waals surface area contributed by atoms with Crippen LogP contribution in [-0.2, 0) is 4.79 Å². The van der Waals surface area contributed by atoms with Gasteiger partial charge in [-0.15, -0.1) is 0 Å². The summed E-state index contributed by atoms with van der Waals surface area (Å²) in [6, 6.07) is -0.263. The minimum Gasteiger partial charge on any atom is -0.481 e. The molecule has 110 valence electrons. The Morgan fingerprint density at radius 1 is 1.32 bits per heavy atom. The van der Waals surface area contributed by atoms with Crippen LogP contribution in [-0.4, -0.2) is 30.2 Å². The second-order valence-electron chi connectivity index (χ2n) is 6.07. The highest BCUT2D eigenvalue weighted by atomic mass is 16.4. The molecular weight excluding hydrogens is 244 g/mol. The Balaban J connectivity index is 2.26. The largest absolute Gasteiger partial charge is 0.481 e. The molecule has 5 nitrogen and oxygen atoms in total. The Hall–Kier alpha value is -1.26. The molecular formula is C14H26N2O3. The first kappa shape index (κ1) is 15.8. The van der Waals surface area contributed by atoms with E-state index < -0.39 is 11.4 Å². The van der Waals surface area contributed by atoms with E-state index in [0.717, 1.165) is 5.92 Å². The van der Waals surface area contributed by atoms with Crippen molar-refractivity contribution in [1.29, 1.82) is 0 Å². The molecule has 3 N–H and O–H groups in total. The van der Waals surface area contributed by atoms with Gasteiger partial charge in [0.05, 0.1) is 5.41 Å². The summed E-state index contributed by atoms with van der Waals surface area (Å²) in [6.07, 6.45) is 4.06. The van der Waals surface area contributed by atoms with E-state index in [4.69, 9.17) is 5.11 Å². The number of rotatable bonds is 6. The van der Waals surface area contributed by atoms with E-state index >= 15 is 0 Å². The second kappa shape index (κ2) is 6.78. The quantitative estimate of drug-likeness (QED) is 0.692. The van der Waals surface area contributed by atoms with Gasteiger partial charge in [0.1, 0.15) is 0 Å². The topological polar surface area (TPSA) is 78.4 Å². The Kier molecular flexibility index (Phi) is 5.63. The van der Waals surface area contributed by atoms with Gasteiger partial charge >= 0.3 is 12.0 Å². The number of nitrogens with one attached hydrogen (secondary N) is 2. The van der Waals surface area contributed by atoms with E-state index in [2.05, 4.69) is 17.6 Å². The molecule has 1 rings (SSSR count). The molecule has 0 aromatic heterocycles. The average Bonchev–Trinajstić information content (AvgIpc) is 2.79. The van der Waals surface area contributed by atoms with Crippen molar-refractivity contribution in [3.63, 3.8) is 0 Å². The molecule has 1 aliphatic rings. The number of aliphatic carboxylic acids is 1. The lowest BCUT2D eigenvalue weighted by molar-refractivity contribution is -0.147. The summed E-state index contributed by atoms with van der Waals surface area (Å²) in [5, 5.41) is 14.6. The summed E-state index contributed by atoms with van der Waals surface area (Å²) in [4.78, 5) is 22.7. The number of carbonyl (C=O) groups is 2. The SMILES string of the molecule is CCC(C)(CNC(=O)NCC1CCC(C)C1)C(=O)O. The Morgan fingerprint density at radius 3 is 2.47 bits per heavy atom. The van der Waals surface area contributed by atoms with Gasteiger partial charge in [0.2, 0.25) is 0 Å². The maximum atomic E-state index is 11.7. The predicted molar refractivity (Wildman–Crippen MR) is 73.9 cm³/mol. The van der Waals surface area contributed by atoms with E-state index in [1.54, 1.807) is 6.92 Å². The first-order valence-corrected chi connectivity index (χ1v) is 7.12. The van der Waals surface area contributed by atoms with Crippen LogP contribution in [0.15, 0.2) is 0 Å². The summed E-state index contributed by atoms with van der Waals surface area (Å²) < 4.78 is 0. The fraction of sp³-hybridized carbons (Fsp3) is 0.857. The Bertz CT molecular complexity index is 333. The fourth-order valence-corrected chi connectivity index (χ4v) is 2.44. The summed E-state index contributed by atoms with van der Waals surface area (Å²) >= 11 is 0. The summed E-state index contributed by atoms with van der Waals surface area (Å²) in [5.41, 5.74) is -0.890. The lowest BCUT2D eigenvalue weighted by atomic mass is 9.88. The van der Waals surface area contributed by atoms with Crippen LogP contribution in [0.25, 0.3) is 0 Å². The zero-order chi connectivity index (χ0) is 14.5. The molecule has 0 radical (unpaired) electrons. The smallest absolute Gasteiger partial charge is 0.314 e. The molecule has 1 aliphatic carbocycles. The molecule has 0 heterocycles. The van der Waals surface area contributed by atoms with Crippen molar-refractivity contribution in [1.82, 2.24) is 10.6 Å². The highest BCUT2D eigenvalue weighted by Gasteiger charge is 2.31. The maximum absolute atomic E-state index is 11.7. The van der Waals surface area contributed by atoms with Gasteiger partial charge in [-0.3, -0.25) is 4.79 Å². The molecule has 5 heteroatoms. The standard InChI is InChI=1S/C14H26N2O3/c1-4-14(3,12(17)18)9-16-13(19)15-8-11-6-5-10(2)7-11/h10-11H,4-9H2,1-3H3,(H,17,18)(H2,15,16,19). The molecule has 1 saturated carbocycles. The third-order valence-corrected chi connectivity index (χ3v) is 4.29.